The van der Waals surface area contributed by atoms with E-state index in [4.69, 9.17) is 10.4 Å². The Morgan fingerprint density at radius 2 is 2.31 bits per heavy atom. The molecule has 0 fully saturated rings. The van der Waals surface area contributed by atoms with Crippen LogP contribution in [0, 0.1) is 17.2 Å². The number of aliphatic carboxylic acids is 1. The summed E-state index contributed by atoms with van der Waals surface area (Å²) in [4.78, 5) is 18.6. The van der Waals surface area contributed by atoms with Crippen LogP contribution in [0.2, 0.25) is 0 Å². The highest BCUT2D eigenvalue weighted by atomic mass is 16.4. The molecule has 0 amide bonds. The third-order valence-electron chi connectivity index (χ3n) is 1.99. The molecule has 0 saturated heterocycles. The lowest BCUT2D eigenvalue weighted by Gasteiger charge is -2.17. The second-order valence-electron chi connectivity index (χ2n) is 3.58. The molecule has 16 heavy (non-hydrogen) atoms. The molecular weight excluding hydrogens is 208 g/mol. The minimum absolute atomic E-state index is 0.105. The van der Waals surface area contributed by atoms with Gasteiger partial charge in [-0.25, -0.2) is 14.8 Å². The summed E-state index contributed by atoms with van der Waals surface area (Å²) in [6, 6.07) is 2.55. The Hall–Kier alpha value is -2.16. The highest BCUT2D eigenvalue weighted by Gasteiger charge is 2.21. The van der Waals surface area contributed by atoms with Gasteiger partial charge in [0.2, 0.25) is 5.95 Å². The minimum Gasteiger partial charge on any atom is -0.480 e. The molecule has 6 nitrogen and oxygen atoms in total. The quantitative estimate of drug-likeness (QED) is 0.781. The van der Waals surface area contributed by atoms with Crippen molar-refractivity contribution in [2.24, 2.45) is 5.92 Å². The Labute approximate surface area is 93.0 Å². The molecule has 0 saturated carbocycles. The van der Waals surface area contributed by atoms with Crippen LogP contribution in [0.3, 0.4) is 0 Å². The number of rotatable bonds is 4. The lowest BCUT2D eigenvalue weighted by Crippen LogP contribution is -2.35. The largest absolute Gasteiger partial charge is 0.480 e. The highest BCUT2D eigenvalue weighted by molar-refractivity contribution is 5.76. The van der Waals surface area contributed by atoms with E-state index < -0.39 is 12.0 Å². The molecule has 1 heterocycles. The molecule has 0 aliphatic heterocycles. The van der Waals surface area contributed by atoms with Crippen LogP contribution in [-0.2, 0) is 4.79 Å². The number of anilines is 1. The summed E-state index contributed by atoms with van der Waals surface area (Å²) in [6.45, 7) is 3.56. The SMILES string of the molecule is CC(C)[C@H](Nc1nccc(C#N)n1)C(=O)O. The van der Waals surface area contributed by atoms with Crippen LogP contribution >= 0.6 is 0 Å². The zero-order valence-corrected chi connectivity index (χ0v) is 9.01. The topological polar surface area (TPSA) is 98.9 Å². The summed E-state index contributed by atoms with van der Waals surface area (Å²) in [5.41, 5.74) is 0.199. The first-order chi connectivity index (χ1) is 7.54. The maximum Gasteiger partial charge on any atom is 0.326 e. The van der Waals surface area contributed by atoms with Crippen molar-refractivity contribution in [2.75, 3.05) is 5.32 Å². The first-order valence-corrected chi connectivity index (χ1v) is 4.77. The van der Waals surface area contributed by atoms with E-state index in [9.17, 15) is 4.79 Å². The molecule has 6 heteroatoms. The van der Waals surface area contributed by atoms with Gasteiger partial charge in [0.1, 0.15) is 17.8 Å². The third kappa shape index (κ3) is 2.92. The minimum atomic E-state index is -0.971. The van der Waals surface area contributed by atoms with Gasteiger partial charge in [0.15, 0.2) is 0 Å². The third-order valence-corrected chi connectivity index (χ3v) is 1.99. The number of nitrogens with one attached hydrogen (secondary N) is 1. The van der Waals surface area contributed by atoms with Gasteiger partial charge in [-0.2, -0.15) is 5.26 Å². The van der Waals surface area contributed by atoms with Gasteiger partial charge in [-0.3, -0.25) is 0 Å². The second-order valence-corrected chi connectivity index (χ2v) is 3.58. The maximum atomic E-state index is 10.9. The second kappa shape index (κ2) is 5.07. The molecule has 0 unspecified atom stereocenters. The Bertz CT molecular complexity index is 425. The van der Waals surface area contributed by atoms with Gasteiger partial charge in [-0.05, 0) is 12.0 Å². The Kier molecular flexibility index (Phi) is 3.78. The van der Waals surface area contributed by atoms with Crippen LogP contribution in [0.25, 0.3) is 0 Å². The zero-order chi connectivity index (χ0) is 12.1. The van der Waals surface area contributed by atoms with Crippen molar-refractivity contribution in [3.63, 3.8) is 0 Å². The molecule has 0 radical (unpaired) electrons. The number of carbonyl (C=O) groups is 1. The van der Waals surface area contributed by atoms with Crippen LogP contribution in [0.1, 0.15) is 19.5 Å². The monoisotopic (exact) mass is 220 g/mol. The van der Waals surface area contributed by atoms with Crippen molar-refractivity contribution in [1.82, 2.24) is 9.97 Å². The van der Waals surface area contributed by atoms with Crippen molar-refractivity contribution in [1.29, 1.82) is 5.26 Å². The number of nitriles is 1. The molecule has 84 valence electrons. The number of hydrogen-bond donors (Lipinski definition) is 2. The van der Waals surface area contributed by atoms with Gasteiger partial charge < -0.3 is 10.4 Å². The fourth-order valence-corrected chi connectivity index (χ4v) is 1.14. The Morgan fingerprint density at radius 1 is 1.62 bits per heavy atom. The number of carboxylic acid groups (broad SMARTS) is 1. The van der Waals surface area contributed by atoms with E-state index >= 15 is 0 Å². The number of carboxylic acids is 1. The van der Waals surface area contributed by atoms with E-state index in [0.717, 1.165) is 0 Å². The molecule has 0 aliphatic rings. The maximum absolute atomic E-state index is 10.9. The van der Waals surface area contributed by atoms with Crippen molar-refractivity contribution in [2.45, 2.75) is 19.9 Å². The molecular formula is C10H12N4O2. The molecule has 2 N–H and O–H groups in total. The Balaban J connectivity index is 2.86. The van der Waals surface area contributed by atoms with Crippen molar-refractivity contribution >= 4 is 11.9 Å². The predicted molar refractivity (Wildman–Crippen MR) is 56.6 cm³/mol. The zero-order valence-electron chi connectivity index (χ0n) is 9.01. The smallest absolute Gasteiger partial charge is 0.326 e. The summed E-state index contributed by atoms with van der Waals surface area (Å²) in [6.07, 6.45) is 1.41. The standard InChI is InChI=1S/C10H12N4O2/c1-6(2)8(9(15)16)14-10-12-4-3-7(5-11)13-10/h3-4,6,8H,1-2H3,(H,15,16)(H,12,13,14)/t8-/m0/s1. The van der Waals surface area contributed by atoms with Gasteiger partial charge in [0.05, 0.1) is 0 Å². The van der Waals surface area contributed by atoms with Crippen LogP contribution in [0.15, 0.2) is 12.3 Å². The van der Waals surface area contributed by atoms with Crippen LogP contribution < -0.4 is 5.32 Å². The summed E-state index contributed by atoms with van der Waals surface area (Å²) in [5.74, 6) is -0.923. The van der Waals surface area contributed by atoms with E-state index in [-0.39, 0.29) is 17.6 Å². The molecule has 1 aromatic rings. The van der Waals surface area contributed by atoms with E-state index in [0.29, 0.717) is 0 Å². The van der Waals surface area contributed by atoms with Crippen LogP contribution in [-0.4, -0.2) is 27.1 Å². The molecule has 1 rings (SSSR count). The molecule has 0 aromatic carbocycles. The van der Waals surface area contributed by atoms with Gasteiger partial charge in [-0.1, -0.05) is 13.8 Å². The first kappa shape index (κ1) is 11.9. The van der Waals surface area contributed by atoms with E-state index in [1.165, 1.54) is 12.3 Å². The fourth-order valence-electron chi connectivity index (χ4n) is 1.14. The van der Waals surface area contributed by atoms with Crippen LogP contribution in [0.4, 0.5) is 5.95 Å². The molecule has 0 bridgehead atoms. The van der Waals surface area contributed by atoms with Gasteiger partial charge in [0.25, 0.3) is 0 Å². The van der Waals surface area contributed by atoms with Gasteiger partial charge in [-0.15, -0.1) is 0 Å². The van der Waals surface area contributed by atoms with Crippen molar-refractivity contribution < 1.29 is 9.90 Å². The summed E-state index contributed by atoms with van der Waals surface area (Å²) < 4.78 is 0. The van der Waals surface area contributed by atoms with E-state index in [2.05, 4.69) is 15.3 Å². The van der Waals surface area contributed by atoms with Gasteiger partial charge >= 0.3 is 5.97 Å². The summed E-state index contributed by atoms with van der Waals surface area (Å²) in [5, 5.41) is 20.3. The summed E-state index contributed by atoms with van der Waals surface area (Å²) in [7, 11) is 0. The van der Waals surface area contributed by atoms with Gasteiger partial charge in [0, 0.05) is 6.20 Å². The average molecular weight is 220 g/mol. The normalized spacial score (nSPS) is 11.9. The summed E-state index contributed by atoms with van der Waals surface area (Å²) >= 11 is 0. The Morgan fingerprint density at radius 3 is 2.81 bits per heavy atom. The number of aromatic nitrogens is 2. The predicted octanol–water partition coefficient (Wildman–Crippen LogP) is 0.869. The lowest BCUT2D eigenvalue weighted by molar-refractivity contribution is -0.138. The van der Waals surface area contributed by atoms with Crippen molar-refractivity contribution in [3.05, 3.63) is 18.0 Å². The van der Waals surface area contributed by atoms with Crippen LogP contribution in [0.5, 0.6) is 0 Å². The van der Waals surface area contributed by atoms with E-state index in [1.807, 2.05) is 6.07 Å². The van der Waals surface area contributed by atoms with Crippen molar-refractivity contribution in [3.8, 4) is 6.07 Å². The highest BCUT2D eigenvalue weighted by Crippen LogP contribution is 2.08. The lowest BCUT2D eigenvalue weighted by atomic mass is 10.1. The molecule has 0 spiro atoms. The molecule has 1 aromatic heterocycles. The number of hydrogen-bond acceptors (Lipinski definition) is 5. The van der Waals surface area contributed by atoms with E-state index in [1.54, 1.807) is 13.8 Å². The molecule has 1 atom stereocenters. The fraction of sp³-hybridized carbons (Fsp3) is 0.400. The average Bonchev–Trinajstić information content (AvgIpc) is 2.25. The first-order valence-electron chi connectivity index (χ1n) is 4.77. The molecule has 0 aliphatic carbocycles. The number of nitrogens with zero attached hydrogens (tertiary/aromatic N) is 3.